The molecular formula is C14H22F3N3S. The van der Waals surface area contributed by atoms with E-state index in [-0.39, 0.29) is 18.8 Å². The molecule has 0 spiro atoms. The average Bonchev–Trinajstić information content (AvgIpc) is 2.92. The molecule has 1 aromatic heterocycles. The predicted molar refractivity (Wildman–Crippen MR) is 77.5 cm³/mol. The van der Waals surface area contributed by atoms with E-state index >= 15 is 0 Å². The summed E-state index contributed by atoms with van der Waals surface area (Å²) in [6.45, 7) is 3.93. The Balaban J connectivity index is 1.88. The molecule has 1 fully saturated rings. The van der Waals surface area contributed by atoms with Gasteiger partial charge in [-0.15, -0.1) is 21.5 Å². The van der Waals surface area contributed by atoms with E-state index in [1.165, 1.54) is 11.3 Å². The van der Waals surface area contributed by atoms with Crippen LogP contribution >= 0.6 is 11.3 Å². The number of halogens is 3. The van der Waals surface area contributed by atoms with Crippen LogP contribution < -0.4 is 5.32 Å². The van der Waals surface area contributed by atoms with E-state index in [9.17, 15) is 13.2 Å². The monoisotopic (exact) mass is 321 g/mol. The normalized spacial score (nSPS) is 23.4. The SMILES string of the molecule is CCCNCCc1nnc(C2CCCC(C(F)(F)F)C2)s1. The summed E-state index contributed by atoms with van der Waals surface area (Å²) in [6.07, 6.45) is -0.332. The van der Waals surface area contributed by atoms with Gasteiger partial charge in [0.15, 0.2) is 0 Å². The Kier molecular flexibility index (Phi) is 5.98. The Hall–Kier alpha value is -0.690. The second-order valence-corrected chi connectivity index (χ2v) is 6.73. The van der Waals surface area contributed by atoms with Gasteiger partial charge in [0.05, 0.1) is 5.92 Å². The zero-order valence-electron chi connectivity index (χ0n) is 12.2. The quantitative estimate of drug-likeness (QED) is 0.807. The summed E-state index contributed by atoms with van der Waals surface area (Å²) in [5.74, 6) is -1.24. The van der Waals surface area contributed by atoms with E-state index in [0.29, 0.717) is 6.42 Å². The highest BCUT2D eigenvalue weighted by Crippen LogP contribution is 2.44. The minimum atomic E-state index is -4.07. The Labute approximate surface area is 127 Å². The number of nitrogens with zero attached hydrogens (tertiary/aromatic N) is 2. The molecule has 3 nitrogen and oxygen atoms in total. The summed E-state index contributed by atoms with van der Waals surface area (Å²) >= 11 is 1.48. The van der Waals surface area contributed by atoms with Gasteiger partial charge in [-0.3, -0.25) is 0 Å². The fourth-order valence-electron chi connectivity index (χ4n) is 2.74. The van der Waals surface area contributed by atoms with Crippen LogP contribution in [0.3, 0.4) is 0 Å². The second-order valence-electron chi connectivity index (χ2n) is 5.64. The molecular weight excluding hydrogens is 299 g/mol. The number of alkyl halides is 3. The predicted octanol–water partition coefficient (Wildman–Crippen LogP) is 3.92. The molecule has 1 N–H and O–H groups in total. The molecule has 1 saturated carbocycles. The zero-order valence-corrected chi connectivity index (χ0v) is 13.1. The van der Waals surface area contributed by atoms with Crippen molar-refractivity contribution in [2.45, 2.75) is 57.5 Å². The smallest absolute Gasteiger partial charge is 0.316 e. The minimum Gasteiger partial charge on any atom is -0.316 e. The van der Waals surface area contributed by atoms with Gasteiger partial charge >= 0.3 is 6.18 Å². The molecule has 2 unspecified atom stereocenters. The number of nitrogens with one attached hydrogen (secondary N) is 1. The van der Waals surface area contributed by atoms with Crippen molar-refractivity contribution in [2.24, 2.45) is 5.92 Å². The van der Waals surface area contributed by atoms with Crippen molar-refractivity contribution in [3.8, 4) is 0 Å². The van der Waals surface area contributed by atoms with Crippen LogP contribution in [0, 0.1) is 5.92 Å². The molecule has 0 saturated heterocycles. The summed E-state index contributed by atoms with van der Waals surface area (Å²) in [4.78, 5) is 0. The molecule has 0 aliphatic heterocycles. The van der Waals surface area contributed by atoms with Crippen LogP contribution in [0.4, 0.5) is 13.2 Å². The molecule has 0 amide bonds. The Morgan fingerprint density at radius 3 is 2.76 bits per heavy atom. The first-order valence-electron chi connectivity index (χ1n) is 7.60. The van der Waals surface area contributed by atoms with Gasteiger partial charge < -0.3 is 5.32 Å². The number of hydrogen-bond acceptors (Lipinski definition) is 4. The molecule has 21 heavy (non-hydrogen) atoms. The van der Waals surface area contributed by atoms with Gasteiger partial charge in [0.1, 0.15) is 10.0 Å². The van der Waals surface area contributed by atoms with Gasteiger partial charge in [0, 0.05) is 18.9 Å². The van der Waals surface area contributed by atoms with Crippen LogP contribution in [0.1, 0.15) is 55.0 Å². The van der Waals surface area contributed by atoms with Crippen LogP contribution in [-0.4, -0.2) is 29.5 Å². The Bertz CT molecular complexity index is 433. The maximum atomic E-state index is 12.8. The number of aromatic nitrogens is 2. The van der Waals surface area contributed by atoms with Crippen LogP contribution in [0.5, 0.6) is 0 Å². The summed E-state index contributed by atoms with van der Waals surface area (Å²) < 4.78 is 38.5. The maximum absolute atomic E-state index is 12.8. The molecule has 0 aromatic carbocycles. The first kappa shape index (κ1) is 16.7. The molecule has 1 aliphatic carbocycles. The highest BCUT2D eigenvalue weighted by Gasteiger charge is 2.43. The van der Waals surface area contributed by atoms with E-state index in [4.69, 9.17) is 0 Å². The van der Waals surface area contributed by atoms with Crippen molar-refractivity contribution < 1.29 is 13.2 Å². The van der Waals surface area contributed by atoms with Gasteiger partial charge in [-0.1, -0.05) is 13.3 Å². The van der Waals surface area contributed by atoms with Gasteiger partial charge in [-0.2, -0.15) is 13.2 Å². The minimum absolute atomic E-state index is 0.0692. The third-order valence-electron chi connectivity index (χ3n) is 3.91. The highest BCUT2D eigenvalue weighted by atomic mass is 32.1. The van der Waals surface area contributed by atoms with Crippen LogP contribution in [0.25, 0.3) is 0 Å². The standard InChI is InChI=1S/C14H22F3N3S/c1-2-7-18-8-6-12-19-20-13(21-12)10-4-3-5-11(9-10)14(15,16)17/h10-11,18H,2-9H2,1H3. The van der Waals surface area contributed by atoms with E-state index in [0.717, 1.165) is 42.4 Å². The van der Waals surface area contributed by atoms with Crippen molar-refractivity contribution in [3.63, 3.8) is 0 Å². The molecule has 7 heteroatoms. The summed E-state index contributed by atoms with van der Waals surface area (Å²) in [5.41, 5.74) is 0. The largest absolute Gasteiger partial charge is 0.391 e. The third kappa shape index (κ3) is 4.92. The number of rotatable bonds is 6. The lowest BCUT2D eigenvalue weighted by atomic mass is 9.81. The van der Waals surface area contributed by atoms with Crippen LogP contribution in [0.2, 0.25) is 0 Å². The lowest BCUT2D eigenvalue weighted by Crippen LogP contribution is -2.28. The van der Waals surface area contributed by atoms with Crippen molar-refractivity contribution in [1.82, 2.24) is 15.5 Å². The molecule has 1 heterocycles. The van der Waals surface area contributed by atoms with Crippen LogP contribution in [-0.2, 0) is 6.42 Å². The van der Waals surface area contributed by atoms with Gasteiger partial charge in [0.2, 0.25) is 0 Å². The molecule has 1 aromatic rings. The lowest BCUT2D eigenvalue weighted by molar-refractivity contribution is -0.183. The van der Waals surface area contributed by atoms with E-state index in [1.54, 1.807) is 0 Å². The summed E-state index contributed by atoms with van der Waals surface area (Å²) in [5, 5.41) is 13.2. The lowest BCUT2D eigenvalue weighted by Gasteiger charge is -2.29. The first-order valence-corrected chi connectivity index (χ1v) is 8.42. The topological polar surface area (TPSA) is 37.8 Å². The van der Waals surface area contributed by atoms with E-state index in [1.807, 2.05) is 0 Å². The first-order chi connectivity index (χ1) is 10.0. The van der Waals surface area contributed by atoms with Crippen molar-refractivity contribution in [3.05, 3.63) is 10.0 Å². The molecule has 0 radical (unpaired) electrons. The highest BCUT2D eigenvalue weighted by molar-refractivity contribution is 7.11. The van der Waals surface area contributed by atoms with Crippen LogP contribution in [0.15, 0.2) is 0 Å². The molecule has 2 rings (SSSR count). The molecule has 1 aliphatic rings. The van der Waals surface area contributed by atoms with Crippen molar-refractivity contribution in [2.75, 3.05) is 13.1 Å². The fourth-order valence-corrected chi connectivity index (χ4v) is 3.73. The molecule has 0 bridgehead atoms. The second kappa shape index (κ2) is 7.54. The number of hydrogen-bond donors (Lipinski definition) is 1. The maximum Gasteiger partial charge on any atom is 0.391 e. The molecule has 2 atom stereocenters. The van der Waals surface area contributed by atoms with Gasteiger partial charge in [0.25, 0.3) is 0 Å². The zero-order chi connectivity index (χ0) is 15.3. The molecule has 120 valence electrons. The van der Waals surface area contributed by atoms with Gasteiger partial charge in [-0.25, -0.2) is 0 Å². The van der Waals surface area contributed by atoms with Crippen molar-refractivity contribution >= 4 is 11.3 Å². The summed E-state index contributed by atoms with van der Waals surface area (Å²) in [7, 11) is 0. The Morgan fingerprint density at radius 1 is 1.24 bits per heavy atom. The van der Waals surface area contributed by atoms with E-state index < -0.39 is 12.1 Å². The van der Waals surface area contributed by atoms with E-state index in [2.05, 4.69) is 22.4 Å². The third-order valence-corrected chi connectivity index (χ3v) is 5.06. The summed E-state index contributed by atoms with van der Waals surface area (Å²) in [6, 6.07) is 0. The average molecular weight is 321 g/mol. The Morgan fingerprint density at radius 2 is 2.05 bits per heavy atom. The van der Waals surface area contributed by atoms with Gasteiger partial charge in [-0.05, 0) is 32.2 Å². The van der Waals surface area contributed by atoms with Crippen molar-refractivity contribution in [1.29, 1.82) is 0 Å². The fraction of sp³-hybridized carbons (Fsp3) is 0.857.